The number of aryl methyl sites for hydroxylation is 1. The average molecular weight is 262 g/mol. The van der Waals surface area contributed by atoms with Crippen LogP contribution in [0.1, 0.15) is 17.0 Å². The number of fused-ring (bicyclic) bond motifs is 1. The van der Waals surface area contributed by atoms with Crippen molar-refractivity contribution in [2.24, 2.45) is 0 Å². The van der Waals surface area contributed by atoms with E-state index in [9.17, 15) is 0 Å². The molecule has 0 fully saturated rings. The first kappa shape index (κ1) is 12.2. The summed E-state index contributed by atoms with van der Waals surface area (Å²) in [5.74, 6) is 0.909. The molecule has 98 valence electrons. The Morgan fingerprint density at radius 2 is 2.10 bits per heavy atom. The second-order valence-corrected chi connectivity index (χ2v) is 4.68. The molecule has 4 nitrogen and oxygen atoms in total. The number of rotatable bonds is 3. The summed E-state index contributed by atoms with van der Waals surface area (Å²) >= 11 is 0. The summed E-state index contributed by atoms with van der Waals surface area (Å²) in [5.41, 5.74) is 4.69. The summed E-state index contributed by atoms with van der Waals surface area (Å²) in [5, 5.41) is 12.4. The third-order valence-electron chi connectivity index (χ3n) is 3.22. The number of nitrogens with one attached hydrogen (secondary N) is 2. The summed E-state index contributed by atoms with van der Waals surface area (Å²) in [6, 6.07) is 15.8. The molecule has 3 aromatic rings. The number of H-pyrrole nitrogens is 1. The van der Waals surface area contributed by atoms with E-state index in [0.717, 1.165) is 28.1 Å². The van der Waals surface area contributed by atoms with Gasteiger partial charge in [0.05, 0.1) is 22.7 Å². The van der Waals surface area contributed by atoms with Gasteiger partial charge in [0.2, 0.25) is 0 Å². The number of imidazole rings is 1. The van der Waals surface area contributed by atoms with Crippen LogP contribution in [-0.4, -0.2) is 9.97 Å². The van der Waals surface area contributed by atoms with Gasteiger partial charge in [-0.05, 0) is 36.8 Å². The third kappa shape index (κ3) is 2.34. The lowest BCUT2D eigenvalue weighted by Crippen LogP contribution is -2.01. The van der Waals surface area contributed by atoms with Crippen LogP contribution in [0.15, 0.2) is 42.5 Å². The lowest BCUT2D eigenvalue weighted by molar-refractivity contribution is 1.14. The summed E-state index contributed by atoms with van der Waals surface area (Å²) in [7, 11) is 0. The second kappa shape index (κ2) is 5.06. The van der Waals surface area contributed by atoms with E-state index in [1.165, 1.54) is 0 Å². The van der Waals surface area contributed by atoms with Crippen molar-refractivity contribution in [1.29, 1.82) is 5.26 Å². The first-order valence-corrected chi connectivity index (χ1v) is 6.44. The first-order chi connectivity index (χ1) is 9.76. The fourth-order valence-corrected chi connectivity index (χ4v) is 2.23. The molecule has 0 unspecified atom stereocenters. The molecule has 20 heavy (non-hydrogen) atoms. The molecule has 0 amide bonds. The monoisotopic (exact) mass is 262 g/mol. The second-order valence-electron chi connectivity index (χ2n) is 4.68. The Morgan fingerprint density at radius 3 is 2.95 bits per heavy atom. The molecule has 0 saturated carbocycles. The standard InChI is InChI=1S/C16H14N4/c1-11-19-15-7-6-14(8-16(15)20-11)18-10-13-5-3-2-4-12(13)9-17/h2-8,18H,10H2,1H3,(H,19,20). The number of benzene rings is 2. The molecule has 2 N–H and O–H groups in total. The van der Waals surface area contributed by atoms with Crippen molar-refractivity contribution in [3.8, 4) is 6.07 Å². The van der Waals surface area contributed by atoms with Crippen LogP contribution in [0.2, 0.25) is 0 Å². The zero-order chi connectivity index (χ0) is 13.9. The van der Waals surface area contributed by atoms with E-state index in [0.29, 0.717) is 12.1 Å². The highest BCUT2D eigenvalue weighted by Gasteiger charge is 2.03. The molecule has 0 saturated heterocycles. The Balaban J connectivity index is 1.81. The Labute approximate surface area is 117 Å². The molecular formula is C16H14N4. The van der Waals surface area contributed by atoms with Gasteiger partial charge < -0.3 is 10.3 Å². The van der Waals surface area contributed by atoms with Gasteiger partial charge in [-0.25, -0.2) is 4.98 Å². The van der Waals surface area contributed by atoms with Crippen molar-refractivity contribution < 1.29 is 0 Å². The molecule has 0 radical (unpaired) electrons. The van der Waals surface area contributed by atoms with Crippen molar-refractivity contribution in [2.45, 2.75) is 13.5 Å². The summed E-state index contributed by atoms with van der Waals surface area (Å²) < 4.78 is 0. The van der Waals surface area contributed by atoms with E-state index in [1.54, 1.807) is 0 Å². The Morgan fingerprint density at radius 1 is 1.25 bits per heavy atom. The molecular weight excluding hydrogens is 248 g/mol. The van der Waals surface area contributed by atoms with Gasteiger partial charge in [-0.2, -0.15) is 5.26 Å². The zero-order valence-electron chi connectivity index (χ0n) is 11.1. The molecule has 3 rings (SSSR count). The predicted octanol–water partition coefficient (Wildman–Crippen LogP) is 3.36. The first-order valence-electron chi connectivity index (χ1n) is 6.44. The van der Waals surface area contributed by atoms with Crippen LogP contribution in [0.25, 0.3) is 11.0 Å². The zero-order valence-corrected chi connectivity index (χ0v) is 11.1. The molecule has 0 spiro atoms. The lowest BCUT2D eigenvalue weighted by Gasteiger charge is -2.07. The van der Waals surface area contributed by atoms with Gasteiger partial charge in [-0.1, -0.05) is 18.2 Å². The number of nitriles is 1. The topological polar surface area (TPSA) is 64.5 Å². The SMILES string of the molecule is Cc1nc2ccc(NCc3ccccc3C#N)cc2[nH]1. The van der Waals surface area contributed by atoms with E-state index in [2.05, 4.69) is 21.4 Å². The summed E-state index contributed by atoms with van der Waals surface area (Å²) in [4.78, 5) is 7.59. The number of nitrogens with zero attached hydrogens (tertiary/aromatic N) is 2. The van der Waals surface area contributed by atoms with E-state index in [-0.39, 0.29) is 0 Å². The van der Waals surface area contributed by atoms with Crippen molar-refractivity contribution in [3.63, 3.8) is 0 Å². The molecule has 0 aliphatic rings. The van der Waals surface area contributed by atoms with Crippen molar-refractivity contribution in [2.75, 3.05) is 5.32 Å². The largest absolute Gasteiger partial charge is 0.381 e. The number of aromatic nitrogens is 2. The fourth-order valence-electron chi connectivity index (χ4n) is 2.23. The molecule has 1 aromatic heterocycles. The maximum atomic E-state index is 9.07. The van der Waals surface area contributed by atoms with E-state index >= 15 is 0 Å². The maximum Gasteiger partial charge on any atom is 0.104 e. The molecule has 4 heteroatoms. The maximum absolute atomic E-state index is 9.07. The van der Waals surface area contributed by atoms with Gasteiger partial charge in [-0.3, -0.25) is 0 Å². The van der Waals surface area contributed by atoms with Crippen LogP contribution in [0.4, 0.5) is 5.69 Å². The molecule has 0 bridgehead atoms. The minimum Gasteiger partial charge on any atom is -0.381 e. The Bertz CT molecular complexity index is 796. The van der Waals surface area contributed by atoms with E-state index < -0.39 is 0 Å². The molecule has 2 aromatic carbocycles. The minimum absolute atomic E-state index is 0.627. The number of hydrogen-bond acceptors (Lipinski definition) is 3. The highest BCUT2D eigenvalue weighted by Crippen LogP contribution is 2.18. The normalized spacial score (nSPS) is 10.4. The van der Waals surface area contributed by atoms with Gasteiger partial charge in [0.25, 0.3) is 0 Å². The van der Waals surface area contributed by atoms with Crippen molar-refractivity contribution in [1.82, 2.24) is 9.97 Å². The van der Waals surface area contributed by atoms with Crippen LogP contribution in [0.5, 0.6) is 0 Å². The van der Waals surface area contributed by atoms with Crippen molar-refractivity contribution in [3.05, 3.63) is 59.4 Å². The van der Waals surface area contributed by atoms with Crippen LogP contribution < -0.4 is 5.32 Å². The van der Waals surface area contributed by atoms with Crippen LogP contribution in [0.3, 0.4) is 0 Å². The van der Waals surface area contributed by atoms with E-state index in [1.807, 2.05) is 49.4 Å². The van der Waals surface area contributed by atoms with E-state index in [4.69, 9.17) is 5.26 Å². The molecule has 0 aliphatic carbocycles. The highest BCUT2D eigenvalue weighted by molar-refractivity contribution is 5.79. The number of hydrogen-bond donors (Lipinski definition) is 2. The van der Waals surface area contributed by atoms with Gasteiger partial charge in [-0.15, -0.1) is 0 Å². The predicted molar refractivity (Wildman–Crippen MR) is 79.3 cm³/mol. The van der Waals surface area contributed by atoms with Gasteiger partial charge in [0.1, 0.15) is 5.82 Å². The van der Waals surface area contributed by atoms with Gasteiger partial charge >= 0.3 is 0 Å². The molecule has 0 atom stereocenters. The summed E-state index contributed by atoms with van der Waals surface area (Å²) in [6.45, 7) is 2.57. The van der Waals surface area contributed by atoms with Gasteiger partial charge in [0, 0.05) is 12.2 Å². The lowest BCUT2D eigenvalue weighted by atomic mass is 10.1. The Kier molecular flexibility index (Phi) is 3.10. The van der Waals surface area contributed by atoms with Crippen LogP contribution in [0, 0.1) is 18.3 Å². The third-order valence-corrected chi connectivity index (χ3v) is 3.22. The Hall–Kier alpha value is -2.80. The van der Waals surface area contributed by atoms with Gasteiger partial charge in [0.15, 0.2) is 0 Å². The van der Waals surface area contributed by atoms with Crippen LogP contribution >= 0.6 is 0 Å². The van der Waals surface area contributed by atoms with Crippen LogP contribution in [-0.2, 0) is 6.54 Å². The average Bonchev–Trinajstić information content (AvgIpc) is 2.84. The number of anilines is 1. The minimum atomic E-state index is 0.627. The smallest absolute Gasteiger partial charge is 0.104 e. The summed E-state index contributed by atoms with van der Waals surface area (Å²) in [6.07, 6.45) is 0. The fraction of sp³-hybridized carbons (Fsp3) is 0.125. The molecule has 0 aliphatic heterocycles. The number of aromatic amines is 1. The highest BCUT2D eigenvalue weighted by atomic mass is 14.9. The molecule has 1 heterocycles. The van der Waals surface area contributed by atoms with Crippen molar-refractivity contribution >= 4 is 16.7 Å². The quantitative estimate of drug-likeness (QED) is 0.760.